The van der Waals surface area contributed by atoms with Crippen molar-refractivity contribution in [3.63, 3.8) is 0 Å². The van der Waals surface area contributed by atoms with Gasteiger partial charge in [-0.1, -0.05) is 13.8 Å². The number of nitrogens with zero attached hydrogens (tertiary/aromatic N) is 3. The Hall–Kier alpha value is -1.20. The maximum absolute atomic E-state index is 5.91. The first-order valence-electron chi connectivity index (χ1n) is 7.33. The van der Waals surface area contributed by atoms with Gasteiger partial charge in [-0.3, -0.25) is 4.98 Å². The molecule has 0 amide bonds. The van der Waals surface area contributed by atoms with Crippen LogP contribution in [0.15, 0.2) is 12.4 Å². The van der Waals surface area contributed by atoms with Gasteiger partial charge in [0, 0.05) is 25.7 Å². The minimum Gasteiger partial charge on any atom is -0.369 e. The molecule has 2 heterocycles. The van der Waals surface area contributed by atoms with E-state index < -0.39 is 0 Å². The fourth-order valence-corrected chi connectivity index (χ4v) is 2.54. The lowest BCUT2D eigenvalue weighted by Crippen LogP contribution is -2.52. The predicted molar refractivity (Wildman–Crippen MR) is 80.8 cm³/mol. The van der Waals surface area contributed by atoms with Crippen molar-refractivity contribution in [1.29, 1.82) is 0 Å². The zero-order chi connectivity index (χ0) is 14.8. The van der Waals surface area contributed by atoms with Crippen molar-refractivity contribution in [1.82, 2.24) is 15.3 Å². The SMILES string of the molecule is CC(C)NCc1cnc(N2CC(C)OC(C)(C)C2)cn1. The van der Waals surface area contributed by atoms with Gasteiger partial charge in [0.05, 0.1) is 29.8 Å². The molecule has 1 aliphatic rings. The Morgan fingerprint density at radius 2 is 2.15 bits per heavy atom. The molecule has 0 saturated carbocycles. The molecular weight excluding hydrogens is 252 g/mol. The topological polar surface area (TPSA) is 50.3 Å². The summed E-state index contributed by atoms with van der Waals surface area (Å²) in [4.78, 5) is 11.3. The average Bonchev–Trinajstić information content (AvgIpc) is 2.34. The quantitative estimate of drug-likeness (QED) is 0.912. The fraction of sp³-hybridized carbons (Fsp3) is 0.733. The molecule has 0 radical (unpaired) electrons. The summed E-state index contributed by atoms with van der Waals surface area (Å²) < 4.78 is 5.91. The summed E-state index contributed by atoms with van der Waals surface area (Å²) in [6.45, 7) is 13.0. The van der Waals surface area contributed by atoms with Crippen molar-refractivity contribution in [2.24, 2.45) is 0 Å². The van der Waals surface area contributed by atoms with E-state index in [1.165, 1.54) is 0 Å². The smallest absolute Gasteiger partial charge is 0.147 e. The van der Waals surface area contributed by atoms with Crippen LogP contribution in [0.2, 0.25) is 0 Å². The number of morpholine rings is 1. The number of ether oxygens (including phenoxy) is 1. The standard InChI is InChI=1S/C15H26N4O/c1-11(2)16-6-13-7-18-14(8-17-13)19-9-12(3)20-15(4,5)10-19/h7-8,11-12,16H,6,9-10H2,1-5H3. The third kappa shape index (κ3) is 4.15. The van der Waals surface area contributed by atoms with Crippen LogP contribution in [-0.4, -0.2) is 40.8 Å². The molecule has 0 aliphatic carbocycles. The first-order chi connectivity index (χ1) is 9.35. The van der Waals surface area contributed by atoms with Crippen molar-refractivity contribution < 1.29 is 4.74 Å². The summed E-state index contributed by atoms with van der Waals surface area (Å²) in [6.07, 6.45) is 3.94. The van der Waals surface area contributed by atoms with Crippen LogP contribution in [0, 0.1) is 0 Å². The molecule has 1 N–H and O–H groups in total. The van der Waals surface area contributed by atoms with Crippen molar-refractivity contribution >= 4 is 5.82 Å². The number of hydrogen-bond donors (Lipinski definition) is 1. The van der Waals surface area contributed by atoms with Gasteiger partial charge in [0.15, 0.2) is 0 Å². The van der Waals surface area contributed by atoms with Gasteiger partial charge in [-0.15, -0.1) is 0 Å². The summed E-state index contributed by atoms with van der Waals surface area (Å²) in [5, 5.41) is 3.34. The minimum atomic E-state index is -0.142. The monoisotopic (exact) mass is 278 g/mol. The van der Waals surface area contributed by atoms with Gasteiger partial charge in [-0.05, 0) is 20.8 Å². The molecule has 5 nitrogen and oxygen atoms in total. The van der Waals surface area contributed by atoms with E-state index in [1.807, 2.05) is 12.4 Å². The zero-order valence-corrected chi connectivity index (χ0v) is 13.2. The molecule has 20 heavy (non-hydrogen) atoms. The van der Waals surface area contributed by atoms with E-state index >= 15 is 0 Å². The van der Waals surface area contributed by atoms with E-state index in [4.69, 9.17) is 4.74 Å². The molecule has 1 aromatic heterocycles. The summed E-state index contributed by atoms with van der Waals surface area (Å²) in [7, 11) is 0. The minimum absolute atomic E-state index is 0.142. The molecule has 0 bridgehead atoms. The van der Waals surface area contributed by atoms with E-state index in [1.54, 1.807) is 0 Å². The molecule has 1 saturated heterocycles. The second-order valence-corrected chi connectivity index (χ2v) is 6.47. The van der Waals surface area contributed by atoms with Crippen LogP contribution in [0.5, 0.6) is 0 Å². The van der Waals surface area contributed by atoms with Crippen LogP contribution in [0.4, 0.5) is 5.82 Å². The Morgan fingerprint density at radius 3 is 2.70 bits per heavy atom. The Kier molecular flexibility index (Phi) is 4.60. The normalized spacial score (nSPS) is 22.3. The van der Waals surface area contributed by atoms with Gasteiger partial charge in [0.25, 0.3) is 0 Å². The number of rotatable bonds is 4. The van der Waals surface area contributed by atoms with Crippen molar-refractivity contribution in [2.75, 3.05) is 18.0 Å². The van der Waals surface area contributed by atoms with Crippen LogP contribution in [-0.2, 0) is 11.3 Å². The van der Waals surface area contributed by atoms with E-state index in [-0.39, 0.29) is 11.7 Å². The summed E-state index contributed by atoms with van der Waals surface area (Å²) >= 11 is 0. The third-order valence-corrected chi connectivity index (χ3v) is 3.28. The highest BCUT2D eigenvalue weighted by Crippen LogP contribution is 2.24. The second kappa shape index (κ2) is 6.06. The predicted octanol–water partition coefficient (Wildman–Crippen LogP) is 1.98. The molecule has 1 atom stereocenters. The van der Waals surface area contributed by atoms with Gasteiger partial charge < -0.3 is 15.0 Å². The lowest BCUT2D eigenvalue weighted by Gasteiger charge is -2.42. The van der Waals surface area contributed by atoms with E-state index in [2.05, 4.69) is 54.8 Å². The average molecular weight is 278 g/mol. The fourth-order valence-electron chi connectivity index (χ4n) is 2.54. The maximum atomic E-state index is 5.91. The number of hydrogen-bond acceptors (Lipinski definition) is 5. The lowest BCUT2D eigenvalue weighted by molar-refractivity contribution is -0.0751. The van der Waals surface area contributed by atoms with E-state index in [9.17, 15) is 0 Å². The van der Waals surface area contributed by atoms with Gasteiger partial charge in [0.1, 0.15) is 5.82 Å². The van der Waals surface area contributed by atoms with Crippen LogP contribution in [0.3, 0.4) is 0 Å². The number of anilines is 1. The molecule has 0 aromatic carbocycles. The maximum Gasteiger partial charge on any atom is 0.147 e. The van der Waals surface area contributed by atoms with E-state index in [0.717, 1.165) is 31.1 Å². The first kappa shape index (κ1) is 15.2. The zero-order valence-electron chi connectivity index (χ0n) is 13.2. The summed E-state index contributed by atoms with van der Waals surface area (Å²) in [5.74, 6) is 0.932. The summed E-state index contributed by atoms with van der Waals surface area (Å²) in [5.41, 5.74) is 0.833. The van der Waals surface area contributed by atoms with Gasteiger partial charge in [-0.25, -0.2) is 4.98 Å². The van der Waals surface area contributed by atoms with Crippen LogP contribution in [0.1, 0.15) is 40.3 Å². The highest BCUT2D eigenvalue weighted by Gasteiger charge is 2.31. The molecule has 1 aromatic rings. The van der Waals surface area contributed by atoms with Gasteiger partial charge in [0.2, 0.25) is 0 Å². The van der Waals surface area contributed by atoms with Gasteiger partial charge in [-0.2, -0.15) is 0 Å². The Labute approximate surface area is 121 Å². The molecule has 2 rings (SSSR count). The molecule has 1 aliphatic heterocycles. The van der Waals surface area contributed by atoms with Crippen molar-refractivity contribution in [3.05, 3.63) is 18.1 Å². The second-order valence-electron chi connectivity index (χ2n) is 6.47. The number of aromatic nitrogens is 2. The number of nitrogens with one attached hydrogen (secondary N) is 1. The highest BCUT2D eigenvalue weighted by molar-refractivity contribution is 5.37. The Balaban J connectivity index is 2.02. The van der Waals surface area contributed by atoms with Crippen molar-refractivity contribution in [3.8, 4) is 0 Å². The first-order valence-corrected chi connectivity index (χ1v) is 7.33. The molecule has 5 heteroatoms. The van der Waals surface area contributed by atoms with Gasteiger partial charge >= 0.3 is 0 Å². The lowest BCUT2D eigenvalue weighted by atomic mass is 10.1. The van der Waals surface area contributed by atoms with Crippen LogP contribution >= 0.6 is 0 Å². The Morgan fingerprint density at radius 1 is 1.40 bits per heavy atom. The highest BCUT2D eigenvalue weighted by atomic mass is 16.5. The van der Waals surface area contributed by atoms with Crippen LogP contribution in [0.25, 0.3) is 0 Å². The largest absolute Gasteiger partial charge is 0.369 e. The van der Waals surface area contributed by atoms with Crippen molar-refractivity contribution in [2.45, 2.75) is 58.9 Å². The third-order valence-electron chi connectivity index (χ3n) is 3.28. The molecular formula is C15H26N4O. The summed E-state index contributed by atoms with van der Waals surface area (Å²) in [6, 6.07) is 0.456. The molecule has 112 valence electrons. The Bertz CT molecular complexity index is 430. The molecule has 1 unspecified atom stereocenters. The van der Waals surface area contributed by atoms with E-state index in [0.29, 0.717) is 6.04 Å². The molecule has 0 spiro atoms. The molecule has 1 fully saturated rings. The van der Waals surface area contributed by atoms with Crippen LogP contribution < -0.4 is 10.2 Å².